The maximum absolute atomic E-state index is 12.6. The molecule has 1 aromatic carbocycles. The highest BCUT2D eigenvalue weighted by molar-refractivity contribution is 9.10. The lowest BCUT2D eigenvalue weighted by atomic mass is 9.94. The number of benzene rings is 1. The molecular weight excluding hydrogens is 410 g/mol. The number of nitrogens with one attached hydrogen (secondary N) is 2. The summed E-state index contributed by atoms with van der Waals surface area (Å²) in [5.41, 5.74) is 1.89. The van der Waals surface area contributed by atoms with Crippen LogP contribution in [0.1, 0.15) is 45.4 Å². The van der Waals surface area contributed by atoms with Crippen LogP contribution in [0.3, 0.4) is 0 Å². The zero-order valence-corrected chi connectivity index (χ0v) is 15.4. The number of anilines is 1. The lowest BCUT2D eigenvalue weighted by molar-refractivity contribution is -0.385. The lowest BCUT2D eigenvalue weighted by Crippen LogP contribution is -2.38. The Morgan fingerprint density at radius 2 is 2.04 bits per heavy atom. The summed E-state index contributed by atoms with van der Waals surface area (Å²) in [5.74, 6) is -0.339. The van der Waals surface area contributed by atoms with Gasteiger partial charge < -0.3 is 15.7 Å². The van der Waals surface area contributed by atoms with E-state index in [1.165, 1.54) is 17.0 Å². The SMILES string of the molecule is O=C1NC(c2cc([N+](=O)[O-])cc(Br)c2O)Nc2sc3c(c21)CCCC3. The number of aryl methyl sites for hydroxylation is 1. The Bertz CT molecular complexity index is 911. The van der Waals surface area contributed by atoms with E-state index in [4.69, 9.17) is 0 Å². The molecule has 0 saturated carbocycles. The summed E-state index contributed by atoms with van der Waals surface area (Å²) in [7, 11) is 0. The first-order valence-electron chi connectivity index (χ1n) is 7.84. The maximum Gasteiger partial charge on any atom is 0.271 e. The number of halogens is 1. The third-order valence-corrected chi connectivity index (χ3v) is 6.38. The number of rotatable bonds is 2. The molecular formula is C16H14BrN3O4S. The van der Waals surface area contributed by atoms with Crippen LogP contribution in [0.2, 0.25) is 0 Å². The molecule has 0 radical (unpaired) electrons. The van der Waals surface area contributed by atoms with Crippen LogP contribution in [-0.4, -0.2) is 15.9 Å². The third-order valence-electron chi connectivity index (χ3n) is 4.55. The van der Waals surface area contributed by atoms with Crippen molar-refractivity contribution in [2.75, 3.05) is 5.32 Å². The van der Waals surface area contributed by atoms with Gasteiger partial charge in [-0.25, -0.2) is 0 Å². The van der Waals surface area contributed by atoms with E-state index in [0.717, 1.165) is 36.2 Å². The fourth-order valence-corrected chi connectivity index (χ4v) is 5.14. The Morgan fingerprint density at radius 3 is 2.80 bits per heavy atom. The number of phenolic OH excluding ortho intramolecular Hbond substituents is 1. The highest BCUT2D eigenvalue weighted by atomic mass is 79.9. The molecule has 7 nitrogen and oxygen atoms in total. The number of carbonyl (C=O) groups is 1. The van der Waals surface area contributed by atoms with Gasteiger partial charge in [0.25, 0.3) is 11.6 Å². The number of hydrogen-bond acceptors (Lipinski definition) is 6. The van der Waals surface area contributed by atoms with Crippen LogP contribution in [0, 0.1) is 10.1 Å². The summed E-state index contributed by atoms with van der Waals surface area (Å²) in [6.45, 7) is 0. The van der Waals surface area contributed by atoms with Crippen LogP contribution < -0.4 is 10.6 Å². The second kappa shape index (κ2) is 5.99. The van der Waals surface area contributed by atoms with E-state index in [0.29, 0.717) is 5.56 Å². The van der Waals surface area contributed by atoms with Crippen molar-refractivity contribution in [3.8, 4) is 5.75 Å². The van der Waals surface area contributed by atoms with Crippen LogP contribution in [0.4, 0.5) is 10.7 Å². The van der Waals surface area contributed by atoms with E-state index in [-0.39, 0.29) is 27.4 Å². The number of nitro groups is 1. The Morgan fingerprint density at radius 1 is 1.28 bits per heavy atom. The van der Waals surface area contributed by atoms with E-state index in [1.54, 1.807) is 11.3 Å². The second-order valence-corrected chi connectivity index (χ2v) is 8.05. The van der Waals surface area contributed by atoms with E-state index in [2.05, 4.69) is 26.6 Å². The largest absolute Gasteiger partial charge is 0.506 e. The summed E-state index contributed by atoms with van der Waals surface area (Å²) in [6, 6.07) is 2.51. The molecule has 9 heteroatoms. The number of amides is 1. The van der Waals surface area contributed by atoms with Crippen molar-refractivity contribution < 1.29 is 14.8 Å². The van der Waals surface area contributed by atoms with Crippen molar-refractivity contribution in [1.29, 1.82) is 0 Å². The van der Waals surface area contributed by atoms with E-state index >= 15 is 0 Å². The van der Waals surface area contributed by atoms with Crippen molar-refractivity contribution in [1.82, 2.24) is 5.32 Å². The standard InChI is InChI=1S/C16H14BrN3O4S/c17-10-6-7(20(23)24)5-9(13(10)21)14-18-15(22)12-8-3-1-2-4-11(8)25-16(12)19-14/h5-6,14,19,21H,1-4H2,(H,18,22). The van der Waals surface area contributed by atoms with Gasteiger partial charge in [-0.3, -0.25) is 14.9 Å². The number of aromatic hydroxyl groups is 1. The molecule has 130 valence electrons. The monoisotopic (exact) mass is 423 g/mol. The predicted molar refractivity (Wildman–Crippen MR) is 97.3 cm³/mol. The molecule has 1 amide bonds. The van der Waals surface area contributed by atoms with Gasteiger partial charge in [0.2, 0.25) is 0 Å². The molecule has 0 spiro atoms. The minimum absolute atomic E-state index is 0.131. The van der Waals surface area contributed by atoms with Gasteiger partial charge in [0, 0.05) is 22.6 Å². The number of thiophene rings is 1. The average Bonchev–Trinajstić information content (AvgIpc) is 2.95. The summed E-state index contributed by atoms with van der Waals surface area (Å²) in [6.07, 6.45) is 3.34. The molecule has 25 heavy (non-hydrogen) atoms. The summed E-state index contributed by atoms with van der Waals surface area (Å²) in [5, 5.41) is 28.2. The minimum Gasteiger partial charge on any atom is -0.506 e. The highest BCUT2D eigenvalue weighted by Crippen LogP contribution is 2.43. The molecule has 4 rings (SSSR count). The van der Waals surface area contributed by atoms with E-state index in [9.17, 15) is 20.0 Å². The van der Waals surface area contributed by atoms with Crippen LogP contribution in [-0.2, 0) is 12.8 Å². The predicted octanol–water partition coefficient (Wildman–Crippen LogP) is 3.86. The van der Waals surface area contributed by atoms with Crippen molar-refractivity contribution in [3.05, 3.63) is 48.3 Å². The van der Waals surface area contributed by atoms with Gasteiger partial charge in [0.05, 0.1) is 15.0 Å². The molecule has 1 aromatic heterocycles. The average molecular weight is 424 g/mol. The number of nitro benzene ring substituents is 1. The third kappa shape index (κ3) is 2.67. The molecule has 2 aliphatic rings. The number of nitrogens with zero attached hydrogens (tertiary/aromatic N) is 1. The number of fused-ring (bicyclic) bond motifs is 3. The van der Waals surface area contributed by atoms with Gasteiger partial charge in [-0.15, -0.1) is 11.3 Å². The van der Waals surface area contributed by atoms with Crippen LogP contribution in [0.25, 0.3) is 0 Å². The van der Waals surface area contributed by atoms with Gasteiger partial charge in [-0.1, -0.05) is 0 Å². The molecule has 0 fully saturated rings. The molecule has 0 saturated heterocycles. The molecule has 2 aromatic rings. The van der Waals surface area contributed by atoms with Gasteiger partial charge >= 0.3 is 0 Å². The first-order valence-corrected chi connectivity index (χ1v) is 9.45. The Balaban J connectivity index is 1.76. The molecule has 1 aliphatic carbocycles. The molecule has 1 unspecified atom stereocenters. The van der Waals surface area contributed by atoms with Crippen LogP contribution in [0.5, 0.6) is 5.75 Å². The topological polar surface area (TPSA) is 104 Å². The molecule has 2 heterocycles. The molecule has 3 N–H and O–H groups in total. The van der Waals surface area contributed by atoms with Gasteiger partial charge in [-0.2, -0.15) is 0 Å². The van der Waals surface area contributed by atoms with Crippen molar-refractivity contribution in [2.45, 2.75) is 31.8 Å². The van der Waals surface area contributed by atoms with Crippen molar-refractivity contribution in [3.63, 3.8) is 0 Å². The summed E-state index contributed by atoms with van der Waals surface area (Å²) in [4.78, 5) is 24.4. The minimum atomic E-state index is -0.726. The first-order chi connectivity index (χ1) is 12.0. The number of hydrogen-bond donors (Lipinski definition) is 3. The van der Waals surface area contributed by atoms with Crippen molar-refractivity contribution >= 4 is 43.9 Å². The fraction of sp³-hybridized carbons (Fsp3) is 0.312. The highest BCUT2D eigenvalue weighted by Gasteiger charge is 2.33. The zero-order chi connectivity index (χ0) is 17.7. The fourth-order valence-electron chi connectivity index (χ4n) is 3.36. The quantitative estimate of drug-likeness (QED) is 0.502. The van der Waals surface area contributed by atoms with Gasteiger partial charge in [-0.05, 0) is 47.2 Å². The Hall–Kier alpha value is -2.13. The van der Waals surface area contributed by atoms with Crippen molar-refractivity contribution in [2.24, 2.45) is 0 Å². The number of non-ortho nitro benzene ring substituents is 1. The van der Waals surface area contributed by atoms with E-state index in [1.807, 2.05) is 0 Å². The second-order valence-electron chi connectivity index (χ2n) is 6.09. The number of carbonyl (C=O) groups excluding carboxylic acids is 1. The van der Waals surface area contributed by atoms with Crippen LogP contribution in [0.15, 0.2) is 16.6 Å². The first kappa shape index (κ1) is 16.3. The summed E-state index contributed by atoms with van der Waals surface area (Å²) >= 11 is 4.69. The lowest BCUT2D eigenvalue weighted by Gasteiger charge is -2.27. The zero-order valence-electron chi connectivity index (χ0n) is 13.0. The van der Waals surface area contributed by atoms with Gasteiger partial charge in [0.15, 0.2) is 0 Å². The number of phenols is 1. The Labute approximate surface area is 155 Å². The summed E-state index contributed by atoms with van der Waals surface area (Å²) < 4.78 is 0.212. The normalized spacial score (nSPS) is 18.8. The van der Waals surface area contributed by atoms with E-state index < -0.39 is 11.1 Å². The smallest absolute Gasteiger partial charge is 0.271 e. The molecule has 1 aliphatic heterocycles. The molecule has 0 bridgehead atoms. The molecule has 1 atom stereocenters. The van der Waals surface area contributed by atoms with Crippen LogP contribution >= 0.6 is 27.3 Å². The Kier molecular flexibility index (Phi) is 3.92. The maximum atomic E-state index is 12.6. The van der Waals surface area contributed by atoms with Gasteiger partial charge in [0.1, 0.15) is 16.9 Å².